The molecular weight excluding hydrogens is 1310 g/mol. The van der Waals surface area contributed by atoms with Gasteiger partial charge in [-0.3, -0.25) is 0 Å². The van der Waals surface area contributed by atoms with Crippen LogP contribution in [-0.2, 0) is 58.1 Å². The maximum absolute atomic E-state index is 4.49. The molecular formula is C46H76N15W3-3. The first-order valence-electron chi connectivity index (χ1n) is 22.4. The van der Waals surface area contributed by atoms with Crippen molar-refractivity contribution in [1.82, 2.24) is 29.9 Å². The van der Waals surface area contributed by atoms with Gasteiger partial charge in [0.1, 0.15) is 0 Å². The van der Waals surface area contributed by atoms with Crippen LogP contribution in [0.1, 0.15) is 143 Å². The molecule has 0 saturated carbocycles. The molecule has 0 radical (unpaired) electrons. The molecule has 6 heterocycles. The van der Waals surface area contributed by atoms with Crippen molar-refractivity contribution < 1.29 is 58.1 Å². The standard InChI is InChI=1S/3C12H16N5.3C3H8.CH4.3W/c1-10-15-11(14-9-13-2)8-12(16-10)17-6-4-3-5-7-17;1-10-8-11(17-6-4-3-5-7-17)16-12(15-10)14-9-13-2;1-10-8-11(14-9-13-2)16-12(15-10)17-6-4-3-5-7-17;3*1-3-2;;;;/h3*2,8-9H,3-7H2,1H3;3*3H2,1-2H3;1H4;;;/q3*-1;;;;;;;. The Balaban J connectivity index is 0.000000843. The molecule has 0 N–H and O–H groups in total. The number of piperidine rings is 3. The van der Waals surface area contributed by atoms with E-state index in [0.29, 0.717) is 17.6 Å². The van der Waals surface area contributed by atoms with Gasteiger partial charge in [0.05, 0.1) is 0 Å². The SMILES string of the molecule is C.CCC.CCC.CCC.Cc1cc(N2CCCCC2)nc([N-]C=N[CH]=[W])n1.Cc1cc([N-]C=N[CH]=[W])nc(N2CCCCC2)n1.Cc1nc([N-]C=N[CH]=[W])cc(N2CCCCC2)n1. The summed E-state index contributed by atoms with van der Waals surface area (Å²) in [6.45, 7) is 25.0. The van der Waals surface area contributed by atoms with Gasteiger partial charge in [0.15, 0.2) is 0 Å². The van der Waals surface area contributed by atoms with Crippen molar-refractivity contribution in [3.05, 3.63) is 51.4 Å². The van der Waals surface area contributed by atoms with Crippen molar-refractivity contribution in [3.63, 3.8) is 0 Å². The van der Waals surface area contributed by atoms with Crippen molar-refractivity contribution in [3.8, 4) is 0 Å². The van der Waals surface area contributed by atoms with Crippen molar-refractivity contribution in [1.29, 1.82) is 0 Å². The van der Waals surface area contributed by atoms with Crippen LogP contribution in [0.5, 0.6) is 0 Å². The normalized spacial score (nSPS) is 14.3. The number of aliphatic imine (C=N–C) groups is 3. The second-order valence-corrected chi connectivity index (χ2v) is 17.0. The average Bonchev–Trinajstić information content (AvgIpc) is 3.28. The summed E-state index contributed by atoms with van der Waals surface area (Å²) < 4.78 is 5.33. The van der Waals surface area contributed by atoms with Gasteiger partial charge in [-0.15, -0.1) is 0 Å². The summed E-state index contributed by atoms with van der Waals surface area (Å²) in [7, 11) is 0. The van der Waals surface area contributed by atoms with Crippen LogP contribution in [0.3, 0.4) is 0 Å². The third-order valence-electron chi connectivity index (χ3n) is 8.40. The second-order valence-electron chi connectivity index (χ2n) is 14.7. The summed E-state index contributed by atoms with van der Waals surface area (Å²) in [5, 5.41) is 12.6. The topological polar surface area (TPSA) is 166 Å². The predicted molar refractivity (Wildman–Crippen MR) is 266 cm³/mol. The molecule has 0 amide bonds. The Morgan fingerprint density at radius 2 is 0.875 bits per heavy atom. The molecule has 3 aliphatic rings. The van der Waals surface area contributed by atoms with Crippen molar-refractivity contribution >= 4 is 67.8 Å². The van der Waals surface area contributed by atoms with Crippen LogP contribution < -0.4 is 14.7 Å². The third-order valence-corrected chi connectivity index (χ3v) is 9.72. The van der Waals surface area contributed by atoms with Gasteiger partial charge in [0.2, 0.25) is 0 Å². The van der Waals surface area contributed by atoms with Crippen LogP contribution in [0, 0.1) is 20.8 Å². The molecule has 356 valence electrons. The molecule has 3 saturated heterocycles. The van der Waals surface area contributed by atoms with Gasteiger partial charge in [0.25, 0.3) is 0 Å². The molecule has 64 heavy (non-hydrogen) atoms. The Labute approximate surface area is 419 Å². The fourth-order valence-corrected chi connectivity index (χ4v) is 6.54. The molecule has 3 aliphatic heterocycles. The van der Waals surface area contributed by atoms with Crippen LogP contribution in [-0.4, -0.2) is 102 Å². The molecule has 0 aliphatic carbocycles. The van der Waals surface area contributed by atoms with E-state index in [9.17, 15) is 0 Å². The fraction of sp³-hybridized carbons (Fsp3) is 0.609. The summed E-state index contributed by atoms with van der Waals surface area (Å²) >= 11 is 3.92. The number of aromatic nitrogens is 6. The molecule has 0 atom stereocenters. The quantitative estimate of drug-likeness (QED) is 0.127. The summed E-state index contributed by atoms with van der Waals surface area (Å²) in [4.78, 5) is 45.3. The van der Waals surface area contributed by atoms with Gasteiger partial charge in [-0.1, -0.05) is 68.2 Å². The number of hydrogen-bond donors (Lipinski definition) is 0. The van der Waals surface area contributed by atoms with Crippen molar-refractivity contribution in [2.75, 3.05) is 54.0 Å². The molecule has 3 fully saturated rings. The monoisotopic (exact) mass is 1390 g/mol. The van der Waals surface area contributed by atoms with E-state index in [-0.39, 0.29) is 7.43 Å². The second kappa shape index (κ2) is 40.0. The van der Waals surface area contributed by atoms with E-state index in [1.165, 1.54) is 154 Å². The van der Waals surface area contributed by atoms with E-state index in [0.717, 1.165) is 74.1 Å². The van der Waals surface area contributed by atoms with E-state index >= 15 is 0 Å². The van der Waals surface area contributed by atoms with E-state index in [1.807, 2.05) is 39.0 Å². The van der Waals surface area contributed by atoms with Crippen molar-refractivity contribution in [2.24, 2.45) is 15.0 Å². The Hall–Kier alpha value is -3.28. The van der Waals surface area contributed by atoms with Crippen LogP contribution >= 0.6 is 0 Å². The minimum absolute atomic E-state index is 0. The molecule has 3 aromatic heterocycles. The van der Waals surface area contributed by atoms with Gasteiger partial charge in [-0.25, -0.2) is 0 Å². The molecule has 6 rings (SSSR count). The molecule has 0 bridgehead atoms. The van der Waals surface area contributed by atoms with E-state index in [2.05, 4.69) is 117 Å². The molecule has 3 aromatic rings. The first-order chi connectivity index (χ1) is 30.6. The Morgan fingerprint density at radius 3 is 1.33 bits per heavy atom. The Kier molecular flexibility index (Phi) is 38.0. The van der Waals surface area contributed by atoms with Gasteiger partial charge < -0.3 is 0 Å². The molecule has 0 spiro atoms. The van der Waals surface area contributed by atoms with Gasteiger partial charge in [0, 0.05) is 0 Å². The summed E-state index contributed by atoms with van der Waals surface area (Å²) in [6, 6.07) is 5.84. The summed E-state index contributed by atoms with van der Waals surface area (Å²) in [6.07, 6.45) is 19.7. The maximum atomic E-state index is 4.49. The number of rotatable bonds is 12. The number of aryl methyl sites for hydroxylation is 3. The van der Waals surface area contributed by atoms with Crippen LogP contribution in [0.25, 0.3) is 16.0 Å². The average molecular weight is 1390 g/mol. The molecule has 0 unspecified atom stereocenters. The Bertz CT molecular complexity index is 1570. The van der Waals surface area contributed by atoms with Crippen LogP contribution in [0.4, 0.5) is 35.2 Å². The summed E-state index contributed by atoms with van der Waals surface area (Å²) in [5.74, 6) is 5.40. The minimum atomic E-state index is 0. The number of hydrogen-bond acceptors (Lipinski definition) is 12. The third kappa shape index (κ3) is 27.9. The number of nitrogens with zero attached hydrogens (tertiary/aromatic N) is 15. The molecule has 0 aromatic carbocycles. The molecule has 18 heteroatoms. The van der Waals surface area contributed by atoms with Gasteiger partial charge >= 0.3 is 355 Å². The molecule has 15 nitrogen and oxygen atoms in total. The zero-order chi connectivity index (χ0) is 46.5. The zero-order valence-corrected chi connectivity index (χ0v) is 48.2. The van der Waals surface area contributed by atoms with E-state index < -0.39 is 0 Å². The Morgan fingerprint density at radius 1 is 0.484 bits per heavy atom. The van der Waals surface area contributed by atoms with Crippen LogP contribution in [0.2, 0.25) is 0 Å². The first-order valence-corrected chi connectivity index (χ1v) is 27.5. The van der Waals surface area contributed by atoms with Crippen molar-refractivity contribution in [2.45, 2.75) is 147 Å². The summed E-state index contributed by atoms with van der Waals surface area (Å²) in [5.41, 5.74) is 1.90. The van der Waals surface area contributed by atoms with Gasteiger partial charge in [-0.05, 0) is 0 Å². The van der Waals surface area contributed by atoms with E-state index in [4.69, 9.17) is 0 Å². The predicted octanol–water partition coefficient (Wildman–Crippen LogP) is 11.2. The first kappa shape index (κ1) is 60.7. The number of anilines is 3. The van der Waals surface area contributed by atoms with Gasteiger partial charge in [-0.2, -0.15) is 0 Å². The van der Waals surface area contributed by atoms with Crippen LogP contribution in [0.15, 0.2) is 33.2 Å². The zero-order valence-electron chi connectivity index (χ0n) is 39.4. The van der Waals surface area contributed by atoms with E-state index in [1.54, 1.807) is 13.6 Å². The fourth-order valence-electron chi connectivity index (χ4n) is 5.96.